The maximum absolute atomic E-state index is 13.0. The van der Waals surface area contributed by atoms with Gasteiger partial charge in [0, 0.05) is 23.9 Å². The summed E-state index contributed by atoms with van der Waals surface area (Å²) in [7, 11) is 0. The third kappa shape index (κ3) is 5.27. The molecule has 98 valence electrons. The fourth-order valence-electron chi connectivity index (χ4n) is 1.40. The number of benzene rings is 1. The minimum absolute atomic E-state index is 0.120. The van der Waals surface area contributed by atoms with Gasteiger partial charge in [0.15, 0.2) is 0 Å². The van der Waals surface area contributed by atoms with E-state index in [0.717, 1.165) is 10.0 Å². The molecule has 0 radical (unpaired) electrons. The molecule has 1 aromatic rings. The molecular weight excluding hydrogens is 303 g/mol. The van der Waals surface area contributed by atoms with Crippen molar-refractivity contribution < 1.29 is 14.0 Å². The number of carbonyl (C=O) groups excluding carboxylic acids is 2. The van der Waals surface area contributed by atoms with E-state index in [0.29, 0.717) is 6.42 Å². The molecule has 0 aliphatic rings. The molecule has 2 amide bonds. The molecule has 4 nitrogen and oxygen atoms in total. The van der Waals surface area contributed by atoms with Gasteiger partial charge in [0.1, 0.15) is 5.82 Å². The molecule has 0 aliphatic heterocycles. The number of nitrogens with one attached hydrogen (secondary N) is 1. The molecule has 0 saturated carbocycles. The number of hydrogen-bond acceptors (Lipinski definition) is 2. The number of primary amides is 1. The fourth-order valence-corrected chi connectivity index (χ4v) is 1.84. The molecular formula is C12H14BrFN2O2. The molecule has 0 atom stereocenters. The van der Waals surface area contributed by atoms with E-state index >= 15 is 0 Å². The van der Waals surface area contributed by atoms with Crippen molar-refractivity contribution in [3.05, 3.63) is 34.1 Å². The van der Waals surface area contributed by atoms with Crippen molar-refractivity contribution in [2.24, 2.45) is 5.73 Å². The highest BCUT2D eigenvalue weighted by Gasteiger charge is 2.06. The Balaban J connectivity index is 2.38. The van der Waals surface area contributed by atoms with E-state index in [9.17, 15) is 14.0 Å². The van der Waals surface area contributed by atoms with E-state index in [4.69, 9.17) is 5.73 Å². The Labute approximate surface area is 113 Å². The van der Waals surface area contributed by atoms with E-state index < -0.39 is 5.91 Å². The van der Waals surface area contributed by atoms with Crippen LogP contribution in [0.2, 0.25) is 0 Å². The van der Waals surface area contributed by atoms with Crippen LogP contribution >= 0.6 is 15.9 Å². The summed E-state index contributed by atoms with van der Waals surface area (Å²) < 4.78 is 13.8. The average Bonchev–Trinajstić information content (AvgIpc) is 2.30. The number of hydrogen-bond donors (Lipinski definition) is 2. The minimum Gasteiger partial charge on any atom is -0.370 e. The molecule has 0 aromatic heterocycles. The quantitative estimate of drug-likeness (QED) is 0.835. The summed E-state index contributed by atoms with van der Waals surface area (Å²) in [5.41, 5.74) is 5.68. The van der Waals surface area contributed by atoms with Crippen molar-refractivity contribution >= 4 is 27.7 Å². The number of nitrogens with two attached hydrogens (primary N) is 1. The van der Waals surface area contributed by atoms with Crippen molar-refractivity contribution in [3.63, 3.8) is 0 Å². The molecule has 0 spiro atoms. The molecule has 0 unspecified atom stereocenters. The number of aryl methyl sites for hydroxylation is 1. The van der Waals surface area contributed by atoms with Gasteiger partial charge in [-0.1, -0.05) is 15.9 Å². The predicted molar refractivity (Wildman–Crippen MR) is 69.2 cm³/mol. The molecule has 0 fully saturated rings. The Morgan fingerprint density at radius 1 is 1.33 bits per heavy atom. The Morgan fingerprint density at radius 2 is 2.06 bits per heavy atom. The van der Waals surface area contributed by atoms with Gasteiger partial charge in [-0.25, -0.2) is 4.39 Å². The number of carbonyl (C=O) groups is 2. The Kier molecular flexibility index (Phi) is 5.77. The van der Waals surface area contributed by atoms with Crippen LogP contribution in [0.4, 0.5) is 4.39 Å². The molecule has 0 bridgehead atoms. The SMILES string of the molecule is NC(=O)CCNC(=O)CCc1cc(F)ccc1Br. The van der Waals surface area contributed by atoms with Crippen LogP contribution in [0.15, 0.2) is 22.7 Å². The Morgan fingerprint density at radius 3 is 2.72 bits per heavy atom. The first-order valence-corrected chi connectivity index (χ1v) is 6.27. The lowest BCUT2D eigenvalue weighted by molar-refractivity contribution is -0.121. The normalized spacial score (nSPS) is 10.1. The molecule has 0 aliphatic carbocycles. The van der Waals surface area contributed by atoms with Crippen molar-refractivity contribution in [2.75, 3.05) is 6.54 Å². The predicted octanol–water partition coefficient (Wildman–Crippen LogP) is 1.51. The number of amides is 2. The minimum atomic E-state index is -0.455. The second kappa shape index (κ2) is 7.10. The summed E-state index contributed by atoms with van der Waals surface area (Å²) in [6.45, 7) is 0.235. The van der Waals surface area contributed by atoms with Crippen LogP contribution in [0.5, 0.6) is 0 Å². The van der Waals surface area contributed by atoms with E-state index in [1.54, 1.807) is 6.07 Å². The molecule has 3 N–H and O–H groups in total. The van der Waals surface area contributed by atoms with Crippen LogP contribution in [0.25, 0.3) is 0 Å². The summed E-state index contributed by atoms with van der Waals surface area (Å²) in [6, 6.07) is 4.34. The van der Waals surface area contributed by atoms with Gasteiger partial charge in [-0.2, -0.15) is 0 Å². The van der Waals surface area contributed by atoms with Crippen LogP contribution in [0.3, 0.4) is 0 Å². The van der Waals surface area contributed by atoms with Crippen molar-refractivity contribution in [3.8, 4) is 0 Å². The molecule has 1 rings (SSSR count). The van der Waals surface area contributed by atoms with E-state index in [1.807, 2.05) is 0 Å². The second-order valence-electron chi connectivity index (χ2n) is 3.80. The standard InChI is InChI=1S/C12H14BrFN2O2/c13-10-3-2-9(14)7-8(10)1-4-12(18)16-6-5-11(15)17/h2-3,7H,1,4-6H2,(H2,15,17)(H,16,18). The summed E-state index contributed by atoms with van der Waals surface area (Å²) >= 11 is 3.29. The van der Waals surface area contributed by atoms with Gasteiger partial charge in [-0.15, -0.1) is 0 Å². The zero-order chi connectivity index (χ0) is 13.5. The fraction of sp³-hybridized carbons (Fsp3) is 0.333. The van der Waals surface area contributed by atoms with E-state index in [1.165, 1.54) is 12.1 Å². The summed E-state index contributed by atoms with van der Waals surface area (Å²) in [6.07, 6.45) is 0.789. The van der Waals surface area contributed by atoms with Gasteiger partial charge in [-0.05, 0) is 30.2 Å². The van der Waals surface area contributed by atoms with Crippen LogP contribution in [0.1, 0.15) is 18.4 Å². The number of rotatable bonds is 6. The molecule has 1 aromatic carbocycles. The van der Waals surface area contributed by atoms with Gasteiger partial charge in [-0.3, -0.25) is 9.59 Å². The van der Waals surface area contributed by atoms with Gasteiger partial charge in [0.05, 0.1) is 0 Å². The second-order valence-corrected chi connectivity index (χ2v) is 4.66. The van der Waals surface area contributed by atoms with Crippen molar-refractivity contribution in [1.82, 2.24) is 5.32 Å². The zero-order valence-electron chi connectivity index (χ0n) is 9.71. The molecule has 6 heteroatoms. The highest BCUT2D eigenvalue weighted by Crippen LogP contribution is 2.19. The third-order valence-corrected chi connectivity index (χ3v) is 3.10. The van der Waals surface area contributed by atoms with Gasteiger partial charge < -0.3 is 11.1 Å². The van der Waals surface area contributed by atoms with E-state index in [-0.39, 0.29) is 31.1 Å². The Hall–Kier alpha value is -1.43. The highest BCUT2D eigenvalue weighted by molar-refractivity contribution is 9.10. The summed E-state index contributed by atoms with van der Waals surface area (Å²) in [4.78, 5) is 21.9. The maximum Gasteiger partial charge on any atom is 0.220 e. The average molecular weight is 317 g/mol. The van der Waals surface area contributed by atoms with Crippen molar-refractivity contribution in [1.29, 1.82) is 0 Å². The lowest BCUT2D eigenvalue weighted by atomic mass is 10.1. The maximum atomic E-state index is 13.0. The molecule has 0 saturated heterocycles. The van der Waals surface area contributed by atoms with Crippen LogP contribution in [-0.4, -0.2) is 18.4 Å². The highest BCUT2D eigenvalue weighted by atomic mass is 79.9. The summed E-state index contributed by atoms with van der Waals surface area (Å²) in [5, 5.41) is 2.57. The van der Waals surface area contributed by atoms with E-state index in [2.05, 4.69) is 21.2 Å². The van der Waals surface area contributed by atoms with Crippen LogP contribution < -0.4 is 11.1 Å². The van der Waals surface area contributed by atoms with Crippen LogP contribution in [0, 0.1) is 5.82 Å². The van der Waals surface area contributed by atoms with Gasteiger partial charge in [0.25, 0.3) is 0 Å². The molecule has 0 heterocycles. The Bertz CT molecular complexity index is 452. The first kappa shape index (κ1) is 14.6. The third-order valence-electron chi connectivity index (χ3n) is 2.32. The summed E-state index contributed by atoms with van der Waals surface area (Å²) in [5.74, 6) is -0.974. The lowest BCUT2D eigenvalue weighted by Gasteiger charge is -2.06. The van der Waals surface area contributed by atoms with Crippen LogP contribution in [-0.2, 0) is 16.0 Å². The van der Waals surface area contributed by atoms with Gasteiger partial charge >= 0.3 is 0 Å². The molecule has 18 heavy (non-hydrogen) atoms. The topological polar surface area (TPSA) is 72.2 Å². The van der Waals surface area contributed by atoms with Crippen molar-refractivity contribution in [2.45, 2.75) is 19.3 Å². The lowest BCUT2D eigenvalue weighted by Crippen LogP contribution is -2.28. The largest absolute Gasteiger partial charge is 0.370 e. The first-order chi connectivity index (χ1) is 8.49. The number of halogens is 2. The first-order valence-electron chi connectivity index (χ1n) is 5.48. The zero-order valence-corrected chi connectivity index (χ0v) is 11.3. The smallest absolute Gasteiger partial charge is 0.220 e. The monoisotopic (exact) mass is 316 g/mol. The van der Waals surface area contributed by atoms with Gasteiger partial charge in [0.2, 0.25) is 11.8 Å².